The van der Waals surface area contributed by atoms with Crippen LogP contribution in [0, 0.1) is 0 Å². The van der Waals surface area contributed by atoms with Crippen LogP contribution in [0.4, 0.5) is 0 Å². The van der Waals surface area contributed by atoms with E-state index < -0.39 is 11.7 Å². The Hall–Kier alpha value is -2.66. The predicted molar refractivity (Wildman–Crippen MR) is 91.4 cm³/mol. The molecule has 4 nitrogen and oxygen atoms in total. The first kappa shape index (κ1) is 15.2. The van der Waals surface area contributed by atoms with Crippen molar-refractivity contribution in [2.75, 3.05) is 0 Å². The minimum absolute atomic E-state index is 0.00256. The van der Waals surface area contributed by atoms with E-state index in [4.69, 9.17) is 0 Å². The molecule has 1 aliphatic rings. The minimum atomic E-state index is -0.774. The van der Waals surface area contributed by atoms with Crippen LogP contribution >= 0.6 is 15.9 Å². The zero-order valence-corrected chi connectivity index (χ0v) is 13.5. The molecule has 5 heteroatoms. The van der Waals surface area contributed by atoms with Crippen molar-refractivity contribution in [1.82, 2.24) is 5.32 Å². The molecule has 0 aliphatic carbocycles. The zero-order chi connectivity index (χ0) is 16.4. The third kappa shape index (κ3) is 2.83. The summed E-state index contributed by atoms with van der Waals surface area (Å²) in [6, 6.07) is 17.8. The van der Waals surface area contributed by atoms with Gasteiger partial charge in [-0.25, -0.2) is 0 Å². The molecule has 0 saturated heterocycles. The van der Waals surface area contributed by atoms with Gasteiger partial charge < -0.3 is 10.4 Å². The molecule has 3 rings (SSSR count). The average Bonchev–Trinajstić information content (AvgIpc) is 2.59. The summed E-state index contributed by atoms with van der Waals surface area (Å²) in [7, 11) is 0. The van der Waals surface area contributed by atoms with Crippen LogP contribution in [0.5, 0.6) is 0 Å². The van der Waals surface area contributed by atoms with Gasteiger partial charge in [0.05, 0.1) is 15.8 Å². The molecule has 0 unspecified atom stereocenters. The van der Waals surface area contributed by atoms with Gasteiger partial charge in [-0.2, -0.15) is 0 Å². The summed E-state index contributed by atoms with van der Waals surface area (Å²) in [5.74, 6) is -1.79. The number of hydrogen-bond donors (Lipinski definition) is 2. The SMILES string of the molecule is O=C1N/C(=C(\Br)c2ccccc2)C(O)=C(c2ccccc2)C1=O. The summed E-state index contributed by atoms with van der Waals surface area (Å²) < 4.78 is 0.505. The van der Waals surface area contributed by atoms with E-state index in [-0.39, 0.29) is 17.0 Å². The Bertz CT molecular complexity index is 839. The van der Waals surface area contributed by atoms with E-state index in [9.17, 15) is 14.7 Å². The van der Waals surface area contributed by atoms with E-state index >= 15 is 0 Å². The van der Waals surface area contributed by atoms with Crippen LogP contribution in [0.2, 0.25) is 0 Å². The molecule has 1 amide bonds. The van der Waals surface area contributed by atoms with E-state index in [1.165, 1.54) is 0 Å². The minimum Gasteiger partial charge on any atom is -0.505 e. The molecule has 2 N–H and O–H groups in total. The summed E-state index contributed by atoms with van der Waals surface area (Å²) in [5.41, 5.74) is 1.45. The van der Waals surface area contributed by atoms with Crippen LogP contribution in [0.1, 0.15) is 11.1 Å². The number of aliphatic hydroxyl groups is 1. The molecule has 2 aromatic carbocycles. The summed E-state index contributed by atoms with van der Waals surface area (Å²) >= 11 is 3.39. The van der Waals surface area contributed by atoms with Gasteiger partial charge in [0, 0.05) is 0 Å². The number of Topliss-reactive ketones (excluding diaryl/α,β-unsaturated/α-hetero) is 1. The molecule has 0 radical (unpaired) electrons. The van der Waals surface area contributed by atoms with E-state index in [0.29, 0.717) is 10.0 Å². The third-order valence-electron chi connectivity index (χ3n) is 3.45. The number of rotatable bonds is 2. The lowest BCUT2D eigenvalue weighted by molar-refractivity contribution is -0.134. The van der Waals surface area contributed by atoms with Gasteiger partial charge in [-0.15, -0.1) is 0 Å². The zero-order valence-electron chi connectivity index (χ0n) is 11.9. The lowest BCUT2D eigenvalue weighted by atomic mass is 9.95. The highest BCUT2D eigenvalue weighted by Gasteiger charge is 2.33. The number of carbonyl (C=O) groups is 2. The fourth-order valence-corrected chi connectivity index (χ4v) is 2.89. The maximum atomic E-state index is 12.2. The highest BCUT2D eigenvalue weighted by atomic mass is 79.9. The Labute approximate surface area is 141 Å². The maximum absolute atomic E-state index is 12.2. The maximum Gasteiger partial charge on any atom is 0.297 e. The first-order valence-corrected chi connectivity index (χ1v) is 7.69. The van der Waals surface area contributed by atoms with Crippen molar-refractivity contribution in [2.24, 2.45) is 0 Å². The Balaban J connectivity index is 2.21. The standard InChI is InChI=1S/C18H12BrNO3/c19-14(12-9-5-2-6-10-12)15-16(21)13(17(22)18(23)20-15)11-7-3-1-4-8-11/h1-10,21H,(H,20,23)/b15-14-. The van der Waals surface area contributed by atoms with Crippen LogP contribution in [-0.4, -0.2) is 16.8 Å². The van der Waals surface area contributed by atoms with Gasteiger partial charge >= 0.3 is 0 Å². The van der Waals surface area contributed by atoms with Crippen molar-refractivity contribution in [3.8, 4) is 0 Å². The van der Waals surface area contributed by atoms with Crippen LogP contribution < -0.4 is 5.32 Å². The van der Waals surface area contributed by atoms with E-state index in [1.54, 1.807) is 30.3 Å². The molecule has 0 spiro atoms. The molecule has 0 fully saturated rings. The van der Waals surface area contributed by atoms with Crippen molar-refractivity contribution in [3.05, 3.63) is 83.2 Å². The number of ketones is 1. The number of aliphatic hydroxyl groups excluding tert-OH is 1. The van der Waals surface area contributed by atoms with Crippen LogP contribution in [0.3, 0.4) is 0 Å². The van der Waals surface area contributed by atoms with Gasteiger partial charge in [-0.3, -0.25) is 9.59 Å². The van der Waals surface area contributed by atoms with Crippen LogP contribution in [-0.2, 0) is 9.59 Å². The Morgan fingerprint density at radius 2 is 1.48 bits per heavy atom. The molecule has 1 aliphatic heterocycles. The van der Waals surface area contributed by atoms with Crippen molar-refractivity contribution in [3.63, 3.8) is 0 Å². The third-order valence-corrected chi connectivity index (χ3v) is 4.31. The van der Waals surface area contributed by atoms with Gasteiger partial charge in [-0.05, 0) is 27.1 Å². The van der Waals surface area contributed by atoms with Crippen molar-refractivity contribution < 1.29 is 14.7 Å². The lowest BCUT2D eigenvalue weighted by Crippen LogP contribution is -2.37. The lowest BCUT2D eigenvalue weighted by Gasteiger charge is -2.20. The predicted octanol–water partition coefficient (Wildman–Crippen LogP) is 3.42. The van der Waals surface area contributed by atoms with Gasteiger partial charge in [0.15, 0.2) is 5.76 Å². The van der Waals surface area contributed by atoms with Crippen LogP contribution in [0.15, 0.2) is 72.1 Å². The number of hydrogen-bond acceptors (Lipinski definition) is 3. The van der Waals surface area contributed by atoms with E-state index in [2.05, 4.69) is 21.2 Å². The van der Waals surface area contributed by atoms with Crippen molar-refractivity contribution >= 4 is 37.7 Å². The number of nitrogens with one attached hydrogen (secondary N) is 1. The summed E-state index contributed by atoms with van der Waals surface area (Å²) in [6.45, 7) is 0. The Morgan fingerprint density at radius 1 is 0.913 bits per heavy atom. The van der Waals surface area contributed by atoms with Crippen LogP contribution in [0.25, 0.3) is 10.1 Å². The number of halogens is 1. The highest BCUT2D eigenvalue weighted by molar-refractivity contribution is 9.15. The molecule has 0 bridgehead atoms. The number of amides is 1. The molecule has 23 heavy (non-hydrogen) atoms. The smallest absolute Gasteiger partial charge is 0.297 e. The fourth-order valence-electron chi connectivity index (χ4n) is 2.34. The Kier molecular flexibility index (Phi) is 4.12. The van der Waals surface area contributed by atoms with Gasteiger partial charge in [-0.1, -0.05) is 60.7 Å². The first-order chi connectivity index (χ1) is 11.1. The van der Waals surface area contributed by atoms with E-state index in [0.717, 1.165) is 5.56 Å². The first-order valence-electron chi connectivity index (χ1n) is 6.89. The molecule has 0 aromatic heterocycles. The molecule has 2 aromatic rings. The molecule has 0 atom stereocenters. The Morgan fingerprint density at radius 3 is 2.09 bits per heavy atom. The monoisotopic (exact) mass is 369 g/mol. The fraction of sp³-hybridized carbons (Fsp3) is 0. The summed E-state index contributed by atoms with van der Waals surface area (Å²) in [4.78, 5) is 24.2. The van der Waals surface area contributed by atoms with Crippen molar-refractivity contribution in [2.45, 2.75) is 0 Å². The second-order valence-corrected chi connectivity index (χ2v) is 5.72. The molecule has 1 heterocycles. The second-order valence-electron chi connectivity index (χ2n) is 4.93. The molecule has 0 saturated carbocycles. The highest BCUT2D eigenvalue weighted by Crippen LogP contribution is 2.33. The topological polar surface area (TPSA) is 66.4 Å². The molecule has 114 valence electrons. The largest absolute Gasteiger partial charge is 0.505 e. The van der Waals surface area contributed by atoms with E-state index in [1.807, 2.05) is 30.3 Å². The average molecular weight is 370 g/mol. The molecular formula is C18H12BrNO3. The normalized spacial score (nSPS) is 17.1. The van der Waals surface area contributed by atoms with Gasteiger partial charge in [0.2, 0.25) is 0 Å². The van der Waals surface area contributed by atoms with Gasteiger partial charge in [0.1, 0.15) is 0 Å². The summed E-state index contributed by atoms with van der Waals surface area (Å²) in [6.07, 6.45) is 0. The van der Waals surface area contributed by atoms with Gasteiger partial charge in [0.25, 0.3) is 11.7 Å². The second kappa shape index (κ2) is 6.22. The summed E-state index contributed by atoms with van der Waals surface area (Å²) in [5, 5.41) is 13.0. The quantitative estimate of drug-likeness (QED) is 0.797. The van der Waals surface area contributed by atoms with Crippen molar-refractivity contribution in [1.29, 1.82) is 0 Å². The number of carbonyl (C=O) groups excluding carboxylic acids is 2. The molecular weight excluding hydrogens is 358 g/mol. The number of benzene rings is 2.